The Kier molecular flexibility index (Phi) is 4.00. The highest BCUT2D eigenvalue weighted by Gasteiger charge is 2.30. The van der Waals surface area contributed by atoms with Crippen LogP contribution in [0.3, 0.4) is 0 Å². The first kappa shape index (κ1) is 11.4. The summed E-state index contributed by atoms with van der Waals surface area (Å²) in [4.78, 5) is 2.61. The van der Waals surface area contributed by atoms with Crippen LogP contribution in [0, 0.1) is 5.92 Å². The van der Waals surface area contributed by atoms with Crippen LogP contribution in [0.25, 0.3) is 0 Å². The third-order valence-electron chi connectivity index (χ3n) is 4.00. The van der Waals surface area contributed by atoms with Gasteiger partial charge in [-0.3, -0.25) is 4.90 Å². The molecule has 1 aliphatic heterocycles. The van der Waals surface area contributed by atoms with Crippen molar-refractivity contribution < 1.29 is 4.74 Å². The molecule has 1 atom stereocenters. The molecule has 88 valence electrons. The van der Waals surface area contributed by atoms with Gasteiger partial charge < -0.3 is 10.5 Å². The van der Waals surface area contributed by atoms with E-state index in [1.165, 1.54) is 25.7 Å². The van der Waals surface area contributed by atoms with E-state index in [2.05, 4.69) is 11.8 Å². The second-order valence-corrected chi connectivity index (χ2v) is 5.12. The predicted octanol–water partition coefficient (Wildman–Crippen LogP) is 1.22. The summed E-state index contributed by atoms with van der Waals surface area (Å²) in [5.41, 5.74) is 5.81. The van der Waals surface area contributed by atoms with E-state index < -0.39 is 0 Å². The van der Waals surface area contributed by atoms with E-state index in [1.54, 1.807) is 0 Å². The molecule has 0 spiro atoms. The first-order valence-electron chi connectivity index (χ1n) is 6.35. The number of hydrogen-bond acceptors (Lipinski definition) is 3. The van der Waals surface area contributed by atoms with E-state index in [4.69, 9.17) is 10.5 Å². The quantitative estimate of drug-likeness (QED) is 0.748. The van der Waals surface area contributed by atoms with Crippen LogP contribution in [0.2, 0.25) is 0 Å². The topological polar surface area (TPSA) is 38.5 Å². The van der Waals surface area contributed by atoms with Crippen LogP contribution in [0.5, 0.6) is 0 Å². The van der Waals surface area contributed by atoms with Gasteiger partial charge >= 0.3 is 0 Å². The molecule has 2 aliphatic rings. The molecule has 0 amide bonds. The van der Waals surface area contributed by atoms with Gasteiger partial charge in [-0.15, -0.1) is 0 Å². The highest BCUT2D eigenvalue weighted by Crippen LogP contribution is 2.28. The fraction of sp³-hybridized carbons (Fsp3) is 1.00. The van der Waals surface area contributed by atoms with Crippen molar-refractivity contribution in [3.05, 3.63) is 0 Å². The minimum atomic E-state index is 0.470. The van der Waals surface area contributed by atoms with Gasteiger partial charge in [0.1, 0.15) is 0 Å². The number of hydrogen-bond donors (Lipinski definition) is 1. The lowest BCUT2D eigenvalue weighted by atomic mass is 9.86. The summed E-state index contributed by atoms with van der Waals surface area (Å²) < 4.78 is 5.49. The summed E-state index contributed by atoms with van der Waals surface area (Å²) in [7, 11) is 0. The maximum absolute atomic E-state index is 5.81. The molecule has 0 aromatic heterocycles. The zero-order valence-electron chi connectivity index (χ0n) is 9.82. The largest absolute Gasteiger partial charge is 0.378 e. The van der Waals surface area contributed by atoms with E-state index in [0.29, 0.717) is 6.04 Å². The molecule has 1 unspecified atom stereocenters. The van der Waals surface area contributed by atoms with Crippen LogP contribution in [0.4, 0.5) is 0 Å². The molecule has 1 saturated carbocycles. The average Bonchev–Trinajstić information content (AvgIpc) is 2.30. The third kappa shape index (κ3) is 2.71. The minimum Gasteiger partial charge on any atom is -0.378 e. The SMILES string of the molecule is CC1CCC(N2CCOCC2CN)CC1. The molecule has 2 fully saturated rings. The number of ether oxygens (including phenoxy) is 1. The fourth-order valence-electron chi connectivity index (χ4n) is 2.93. The molecule has 0 aromatic rings. The van der Waals surface area contributed by atoms with Crippen molar-refractivity contribution in [2.75, 3.05) is 26.3 Å². The lowest BCUT2D eigenvalue weighted by molar-refractivity contribution is -0.0348. The molecule has 3 nitrogen and oxygen atoms in total. The first-order chi connectivity index (χ1) is 7.31. The third-order valence-corrected chi connectivity index (χ3v) is 4.00. The Hall–Kier alpha value is -0.120. The Labute approximate surface area is 93.0 Å². The van der Waals surface area contributed by atoms with E-state index >= 15 is 0 Å². The van der Waals surface area contributed by atoms with Crippen LogP contribution in [-0.2, 0) is 4.74 Å². The number of nitrogens with zero attached hydrogens (tertiary/aromatic N) is 1. The van der Waals surface area contributed by atoms with Crippen LogP contribution < -0.4 is 5.73 Å². The Balaban J connectivity index is 1.90. The Morgan fingerprint density at radius 1 is 1.27 bits per heavy atom. The highest BCUT2D eigenvalue weighted by molar-refractivity contribution is 4.85. The predicted molar refractivity (Wildman–Crippen MR) is 61.8 cm³/mol. The molecule has 0 radical (unpaired) electrons. The Morgan fingerprint density at radius 3 is 2.67 bits per heavy atom. The minimum absolute atomic E-state index is 0.470. The molecule has 1 aliphatic carbocycles. The first-order valence-corrected chi connectivity index (χ1v) is 6.35. The molecule has 2 N–H and O–H groups in total. The lowest BCUT2D eigenvalue weighted by Gasteiger charge is -2.43. The fourth-order valence-corrected chi connectivity index (χ4v) is 2.93. The van der Waals surface area contributed by atoms with Crippen molar-refractivity contribution in [3.63, 3.8) is 0 Å². The summed E-state index contributed by atoms with van der Waals surface area (Å²) >= 11 is 0. The molecule has 15 heavy (non-hydrogen) atoms. The van der Waals surface area contributed by atoms with Gasteiger partial charge in [0.05, 0.1) is 13.2 Å². The number of rotatable bonds is 2. The summed E-state index contributed by atoms with van der Waals surface area (Å²) in [6, 6.07) is 1.25. The van der Waals surface area contributed by atoms with Gasteiger partial charge in [-0.05, 0) is 31.6 Å². The Bertz CT molecular complexity index is 190. The van der Waals surface area contributed by atoms with Gasteiger partial charge in [-0.2, -0.15) is 0 Å². The van der Waals surface area contributed by atoms with Gasteiger partial charge in [0.25, 0.3) is 0 Å². The van der Waals surface area contributed by atoms with Gasteiger partial charge in [-0.1, -0.05) is 6.92 Å². The zero-order valence-corrected chi connectivity index (χ0v) is 9.82. The molecule has 2 rings (SSSR count). The van der Waals surface area contributed by atoms with Crippen LogP contribution in [0.1, 0.15) is 32.6 Å². The highest BCUT2D eigenvalue weighted by atomic mass is 16.5. The summed E-state index contributed by atoms with van der Waals surface area (Å²) in [6.07, 6.45) is 5.49. The van der Waals surface area contributed by atoms with Gasteiger partial charge in [0.2, 0.25) is 0 Å². The van der Waals surface area contributed by atoms with Crippen molar-refractivity contribution in [2.24, 2.45) is 11.7 Å². The van der Waals surface area contributed by atoms with Crippen molar-refractivity contribution in [1.29, 1.82) is 0 Å². The molecule has 3 heteroatoms. The zero-order chi connectivity index (χ0) is 10.7. The van der Waals surface area contributed by atoms with Crippen LogP contribution >= 0.6 is 0 Å². The van der Waals surface area contributed by atoms with Gasteiger partial charge in [-0.25, -0.2) is 0 Å². The van der Waals surface area contributed by atoms with Crippen molar-refractivity contribution in [3.8, 4) is 0 Å². The molecule has 0 bridgehead atoms. The van der Waals surface area contributed by atoms with Crippen molar-refractivity contribution >= 4 is 0 Å². The molecular weight excluding hydrogens is 188 g/mol. The normalized spacial score (nSPS) is 39.2. The van der Waals surface area contributed by atoms with Gasteiger partial charge in [0, 0.05) is 25.2 Å². The summed E-state index contributed by atoms with van der Waals surface area (Å²) in [5, 5.41) is 0. The number of nitrogens with two attached hydrogens (primary N) is 1. The van der Waals surface area contributed by atoms with E-state index in [9.17, 15) is 0 Å². The second kappa shape index (κ2) is 5.28. The van der Waals surface area contributed by atoms with Crippen molar-refractivity contribution in [2.45, 2.75) is 44.7 Å². The Morgan fingerprint density at radius 2 is 2.00 bits per heavy atom. The van der Waals surface area contributed by atoms with Crippen LogP contribution in [0.15, 0.2) is 0 Å². The molecule has 1 heterocycles. The maximum Gasteiger partial charge on any atom is 0.0634 e. The van der Waals surface area contributed by atoms with Crippen molar-refractivity contribution in [1.82, 2.24) is 4.90 Å². The lowest BCUT2D eigenvalue weighted by Crippen LogP contribution is -2.54. The summed E-state index contributed by atoms with van der Waals surface area (Å²) in [6.45, 7) is 5.92. The summed E-state index contributed by atoms with van der Waals surface area (Å²) in [5.74, 6) is 0.929. The standard InChI is InChI=1S/C12H24N2O/c1-10-2-4-11(5-3-10)14-6-7-15-9-12(14)8-13/h10-12H,2-9,13H2,1H3. The van der Waals surface area contributed by atoms with E-state index in [1.807, 2.05) is 0 Å². The molecule has 0 aromatic carbocycles. The smallest absolute Gasteiger partial charge is 0.0634 e. The molecule has 1 saturated heterocycles. The molecular formula is C12H24N2O. The second-order valence-electron chi connectivity index (χ2n) is 5.12. The van der Waals surface area contributed by atoms with E-state index in [-0.39, 0.29) is 0 Å². The average molecular weight is 212 g/mol. The van der Waals surface area contributed by atoms with E-state index in [0.717, 1.165) is 38.3 Å². The van der Waals surface area contributed by atoms with Gasteiger partial charge in [0.15, 0.2) is 0 Å². The maximum atomic E-state index is 5.81. The number of morpholine rings is 1. The monoisotopic (exact) mass is 212 g/mol. The van der Waals surface area contributed by atoms with Crippen LogP contribution in [-0.4, -0.2) is 43.3 Å².